The van der Waals surface area contributed by atoms with Gasteiger partial charge >= 0.3 is 5.63 Å². The highest BCUT2D eigenvalue weighted by molar-refractivity contribution is 7.90. The number of rotatable bonds is 8. The molecule has 0 aliphatic carbocycles. The van der Waals surface area contributed by atoms with Gasteiger partial charge < -0.3 is 9.32 Å². The molecule has 7 nitrogen and oxygen atoms in total. The van der Waals surface area contributed by atoms with Crippen molar-refractivity contribution in [1.29, 1.82) is 0 Å². The number of nitrogens with zero attached hydrogens (tertiary/aromatic N) is 1. The molecule has 1 heterocycles. The van der Waals surface area contributed by atoms with Crippen molar-refractivity contribution in [3.8, 4) is 0 Å². The van der Waals surface area contributed by atoms with Gasteiger partial charge in [0.1, 0.15) is 11.4 Å². The summed E-state index contributed by atoms with van der Waals surface area (Å²) in [5.41, 5.74) is 1.33. The second-order valence-corrected chi connectivity index (χ2v) is 9.00. The predicted octanol–water partition coefficient (Wildman–Crippen LogP) is 3.30. The van der Waals surface area contributed by atoms with Crippen LogP contribution in [0.15, 0.2) is 39.5 Å². The standard InChI is InChI=1S/C21H22ClFN3O4S/c1-4-26(3)12-17-15-11-14(23)8-9-19(15)30-21(27)16(17)10-13-6-5-7-18(20(13)22)25-31(28,29)24-2/h5-7,9,11,24-25H,4,10,12H2,1-3H3. The minimum atomic E-state index is -3.77. The lowest BCUT2D eigenvalue weighted by molar-refractivity contribution is 0.344. The molecule has 0 spiro atoms. The van der Waals surface area contributed by atoms with Gasteiger partial charge in [0.25, 0.3) is 10.2 Å². The van der Waals surface area contributed by atoms with Crippen molar-refractivity contribution in [3.63, 3.8) is 0 Å². The van der Waals surface area contributed by atoms with Crippen LogP contribution in [-0.2, 0) is 23.2 Å². The van der Waals surface area contributed by atoms with Gasteiger partial charge in [0.2, 0.25) is 0 Å². The quantitative estimate of drug-likeness (QED) is 0.497. The van der Waals surface area contributed by atoms with Gasteiger partial charge in [0, 0.05) is 37.0 Å². The summed E-state index contributed by atoms with van der Waals surface area (Å²) in [6.07, 6.45) is 0.0827. The largest absolute Gasteiger partial charge is 0.422 e. The number of nitrogens with one attached hydrogen (secondary N) is 2. The van der Waals surface area contributed by atoms with Gasteiger partial charge in [-0.1, -0.05) is 30.7 Å². The van der Waals surface area contributed by atoms with Crippen LogP contribution in [0, 0.1) is 11.9 Å². The third-order valence-electron chi connectivity index (χ3n) is 4.94. The zero-order valence-electron chi connectivity index (χ0n) is 17.3. The van der Waals surface area contributed by atoms with Crippen molar-refractivity contribution in [3.05, 3.63) is 74.3 Å². The number of fused-ring (bicyclic) bond motifs is 1. The first-order valence-electron chi connectivity index (χ1n) is 9.48. The van der Waals surface area contributed by atoms with Crippen LogP contribution in [0.2, 0.25) is 5.02 Å². The number of benzene rings is 2. The molecule has 2 aromatic carbocycles. The van der Waals surface area contributed by atoms with E-state index in [0.29, 0.717) is 35.2 Å². The third-order valence-corrected chi connectivity index (χ3v) is 6.42. The van der Waals surface area contributed by atoms with Crippen molar-refractivity contribution in [2.24, 2.45) is 0 Å². The number of anilines is 1. The van der Waals surface area contributed by atoms with Crippen LogP contribution in [0.1, 0.15) is 23.6 Å². The van der Waals surface area contributed by atoms with Crippen molar-refractivity contribution in [2.75, 3.05) is 25.4 Å². The predicted molar refractivity (Wildman–Crippen MR) is 119 cm³/mol. The normalized spacial score (nSPS) is 11.9. The molecule has 0 unspecified atom stereocenters. The maximum atomic E-state index is 13.9. The summed E-state index contributed by atoms with van der Waals surface area (Å²) < 4.78 is 47.5. The molecule has 0 aliphatic rings. The second-order valence-electron chi connectivity index (χ2n) is 7.00. The van der Waals surface area contributed by atoms with Gasteiger partial charge in [-0.25, -0.2) is 13.9 Å². The molecular weight excluding hydrogens is 445 g/mol. The Bertz CT molecular complexity index is 1280. The van der Waals surface area contributed by atoms with E-state index in [2.05, 4.69) is 15.5 Å². The lowest BCUT2D eigenvalue weighted by Gasteiger charge is -2.19. The van der Waals surface area contributed by atoms with Crippen LogP contribution in [-0.4, -0.2) is 34.0 Å². The van der Waals surface area contributed by atoms with Gasteiger partial charge in [0.05, 0.1) is 10.7 Å². The van der Waals surface area contributed by atoms with Crippen molar-refractivity contribution in [1.82, 2.24) is 9.62 Å². The van der Waals surface area contributed by atoms with E-state index in [4.69, 9.17) is 16.0 Å². The third kappa shape index (κ3) is 5.24. The van der Waals surface area contributed by atoms with Gasteiger partial charge in [-0.15, -0.1) is 0 Å². The van der Waals surface area contributed by atoms with Crippen LogP contribution in [0.4, 0.5) is 10.1 Å². The fourth-order valence-corrected chi connectivity index (χ4v) is 4.00. The molecule has 0 saturated heterocycles. The maximum Gasteiger partial charge on any atom is 0.340 e. The molecule has 0 atom stereocenters. The van der Waals surface area contributed by atoms with E-state index in [-0.39, 0.29) is 22.7 Å². The van der Waals surface area contributed by atoms with Gasteiger partial charge in [-0.3, -0.25) is 4.72 Å². The Morgan fingerprint density at radius 1 is 1.29 bits per heavy atom. The second kappa shape index (κ2) is 9.35. The summed E-state index contributed by atoms with van der Waals surface area (Å²) in [4.78, 5) is 14.8. The molecule has 0 bridgehead atoms. The Morgan fingerprint density at radius 2 is 2.03 bits per heavy atom. The van der Waals surface area contributed by atoms with Gasteiger partial charge in [0.15, 0.2) is 0 Å². The molecule has 0 saturated carbocycles. The van der Waals surface area contributed by atoms with Gasteiger partial charge in [-0.05, 0) is 42.9 Å². The highest BCUT2D eigenvalue weighted by Crippen LogP contribution is 2.30. The van der Waals surface area contributed by atoms with E-state index in [0.717, 1.165) is 0 Å². The molecule has 0 amide bonds. The zero-order chi connectivity index (χ0) is 22.8. The molecular formula is C21H22ClFN3O4S. The van der Waals surface area contributed by atoms with Crippen LogP contribution in [0.25, 0.3) is 11.0 Å². The van der Waals surface area contributed by atoms with Crippen molar-refractivity contribution >= 4 is 38.5 Å². The Balaban J connectivity index is 2.14. The van der Waals surface area contributed by atoms with E-state index in [1.54, 1.807) is 12.1 Å². The first kappa shape index (κ1) is 23.2. The van der Waals surface area contributed by atoms with E-state index in [1.807, 2.05) is 18.9 Å². The summed E-state index contributed by atoms with van der Waals surface area (Å²) in [5, 5.41) is 0.637. The summed E-state index contributed by atoms with van der Waals surface area (Å²) in [5.74, 6) is -0.561. The fraction of sp³-hybridized carbons (Fsp3) is 0.286. The van der Waals surface area contributed by atoms with Gasteiger partial charge in [-0.2, -0.15) is 8.42 Å². The van der Waals surface area contributed by atoms with Crippen molar-refractivity contribution < 1.29 is 17.2 Å². The average Bonchev–Trinajstić information content (AvgIpc) is 2.73. The fourth-order valence-electron chi connectivity index (χ4n) is 3.14. The summed E-state index contributed by atoms with van der Waals surface area (Å²) in [6, 6.07) is 9.84. The lowest BCUT2D eigenvalue weighted by atomic mass is 9.97. The molecule has 3 rings (SSSR count). The first-order valence-corrected chi connectivity index (χ1v) is 11.3. The monoisotopic (exact) mass is 466 g/mol. The molecule has 0 aliphatic heterocycles. The van der Waals surface area contributed by atoms with E-state index >= 15 is 0 Å². The molecule has 10 heteroatoms. The zero-order valence-corrected chi connectivity index (χ0v) is 18.8. The molecule has 1 aromatic heterocycles. The highest BCUT2D eigenvalue weighted by atomic mass is 35.5. The van der Waals surface area contributed by atoms with E-state index in [1.165, 1.54) is 25.2 Å². The number of hydrogen-bond acceptors (Lipinski definition) is 5. The van der Waals surface area contributed by atoms with Crippen LogP contribution in [0.3, 0.4) is 0 Å². The first-order chi connectivity index (χ1) is 14.6. The average molecular weight is 467 g/mol. The Morgan fingerprint density at radius 3 is 2.71 bits per heavy atom. The molecule has 0 fully saturated rings. The Hall–Kier alpha value is -2.46. The summed E-state index contributed by atoms with van der Waals surface area (Å²) in [7, 11) is -0.614. The molecule has 31 heavy (non-hydrogen) atoms. The molecule has 165 valence electrons. The maximum absolute atomic E-state index is 13.9. The number of hydrogen-bond donors (Lipinski definition) is 2. The SMILES string of the molecule is CCN(C)Cc1c(Cc2cccc(NS(=O)(=O)NC)c2Cl)c(=O)oc2c[c]c(F)cc12. The number of halogens is 2. The van der Waals surface area contributed by atoms with Crippen molar-refractivity contribution in [2.45, 2.75) is 19.9 Å². The Kier molecular flexibility index (Phi) is 7.00. The summed E-state index contributed by atoms with van der Waals surface area (Å²) >= 11 is 6.44. The van der Waals surface area contributed by atoms with Crippen LogP contribution >= 0.6 is 11.6 Å². The Labute approximate surface area is 185 Å². The molecule has 3 aromatic rings. The van der Waals surface area contributed by atoms with E-state index < -0.39 is 21.7 Å². The lowest BCUT2D eigenvalue weighted by Crippen LogP contribution is -2.26. The van der Waals surface area contributed by atoms with E-state index in [9.17, 15) is 17.6 Å². The molecule has 1 radical (unpaired) electrons. The molecule has 2 N–H and O–H groups in total. The van der Waals surface area contributed by atoms with Crippen LogP contribution < -0.4 is 15.1 Å². The highest BCUT2D eigenvalue weighted by Gasteiger charge is 2.19. The minimum Gasteiger partial charge on any atom is -0.422 e. The smallest absolute Gasteiger partial charge is 0.340 e. The topological polar surface area (TPSA) is 91.7 Å². The minimum absolute atomic E-state index is 0.0827. The summed E-state index contributed by atoms with van der Waals surface area (Å²) in [6.45, 7) is 3.07. The van der Waals surface area contributed by atoms with Crippen LogP contribution in [0.5, 0.6) is 0 Å².